The number of carbonyl (C=O) groups excluding carboxylic acids is 1. The number of amides is 1. The average molecular weight is 360 g/mol. The van der Waals surface area contributed by atoms with E-state index >= 15 is 0 Å². The van der Waals surface area contributed by atoms with Crippen molar-refractivity contribution in [1.29, 1.82) is 0 Å². The minimum absolute atomic E-state index is 0.104. The Morgan fingerprint density at radius 1 is 1.28 bits per heavy atom. The Kier molecular flexibility index (Phi) is 4.37. The molecule has 0 bridgehead atoms. The zero-order chi connectivity index (χ0) is 17.6. The van der Waals surface area contributed by atoms with Gasteiger partial charge in [0.15, 0.2) is 0 Å². The number of likely N-dealkylation sites (N-methyl/N-ethyl adjacent to an activating group) is 1. The van der Waals surface area contributed by atoms with E-state index < -0.39 is 0 Å². The van der Waals surface area contributed by atoms with Gasteiger partial charge in [-0.15, -0.1) is 0 Å². The molecule has 4 rings (SSSR count). The van der Waals surface area contributed by atoms with Crippen molar-refractivity contribution >= 4 is 34.8 Å². The molecule has 25 heavy (non-hydrogen) atoms. The van der Waals surface area contributed by atoms with E-state index in [4.69, 9.17) is 9.17 Å². The van der Waals surface area contributed by atoms with Crippen LogP contribution in [0.2, 0.25) is 0 Å². The van der Waals surface area contributed by atoms with Crippen LogP contribution < -0.4 is 4.90 Å². The number of fused-ring (bicyclic) bond motifs is 3. The molecule has 2 aromatic heterocycles. The van der Waals surface area contributed by atoms with Gasteiger partial charge in [-0.05, 0) is 37.0 Å². The minimum Gasteiger partial charge on any atom is -0.354 e. The highest BCUT2D eigenvalue weighted by Crippen LogP contribution is 2.31. The van der Waals surface area contributed by atoms with Crippen molar-refractivity contribution in [2.45, 2.75) is 25.4 Å². The molecule has 4 heterocycles. The summed E-state index contributed by atoms with van der Waals surface area (Å²) in [7, 11) is 3.89. The van der Waals surface area contributed by atoms with Crippen LogP contribution in [0.5, 0.6) is 0 Å². The molecule has 134 valence electrons. The summed E-state index contributed by atoms with van der Waals surface area (Å²) in [6, 6.07) is 4.11. The smallest absolute Gasteiger partial charge is 0.256 e. The van der Waals surface area contributed by atoms with Gasteiger partial charge in [0.25, 0.3) is 5.91 Å². The third-order valence-corrected chi connectivity index (χ3v) is 5.78. The third-order valence-electron chi connectivity index (χ3n) is 5.32. The van der Waals surface area contributed by atoms with E-state index in [1.807, 2.05) is 26.4 Å². The van der Waals surface area contributed by atoms with Crippen molar-refractivity contribution in [2.24, 2.45) is 7.05 Å². The van der Waals surface area contributed by atoms with E-state index in [9.17, 15) is 4.79 Å². The molecule has 1 unspecified atom stereocenters. The van der Waals surface area contributed by atoms with Crippen LogP contribution in [0.1, 0.15) is 28.9 Å². The lowest BCUT2D eigenvalue weighted by Crippen LogP contribution is -2.39. The van der Waals surface area contributed by atoms with Crippen LogP contribution in [-0.4, -0.2) is 59.4 Å². The first-order chi connectivity index (χ1) is 12.1. The number of nitrogens with zero attached hydrogens (tertiary/aromatic N) is 4. The number of hydrogen-bond acceptors (Lipinski definition) is 5. The van der Waals surface area contributed by atoms with Crippen molar-refractivity contribution in [3.05, 3.63) is 23.4 Å². The molecule has 0 N–H and O–H groups in total. The van der Waals surface area contributed by atoms with Crippen LogP contribution in [0, 0.1) is 0 Å². The second-order valence-corrected chi connectivity index (χ2v) is 7.40. The Bertz CT molecular complexity index is 817. The maximum atomic E-state index is 12.6. The van der Waals surface area contributed by atoms with Gasteiger partial charge in [-0.3, -0.25) is 4.79 Å². The van der Waals surface area contributed by atoms with Gasteiger partial charge < -0.3 is 18.6 Å². The molecular formula is C18H24N4O2S. The number of aromatic nitrogens is 2. The van der Waals surface area contributed by atoms with E-state index in [-0.39, 0.29) is 12.0 Å². The number of carbonyl (C=O) groups is 1. The fourth-order valence-corrected chi connectivity index (χ4v) is 4.40. The van der Waals surface area contributed by atoms with Crippen molar-refractivity contribution in [2.75, 3.05) is 37.8 Å². The molecule has 1 atom stereocenters. The molecule has 2 aliphatic rings. The van der Waals surface area contributed by atoms with E-state index in [1.165, 1.54) is 12.0 Å². The summed E-state index contributed by atoms with van der Waals surface area (Å²) in [6.45, 7) is 2.63. The first-order valence-corrected chi connectivity index (χ1v) is 9.93. The maximum Gasteiger partial charge on any atom is 0.256 e. The standard InChI is InChI=1S/C18H24N4O2S/c1-20-10-8-14-16(18(20)23)13-6-7-15(19-17(13)21(14)2)22-9-4-5-12(11-22)24-25-3/h6-7,12H,4-5,8-11H2,1-3H3. The number of anilines is 1. The van der Waals surface area contributed by atoms with Crippen LogP contribution in [0.4, 0.5) is 5.82 Å². The summed E-state index contributed by atoms with van der Waals surface area (Å²) in [4.78, 5) is 21.6. The maximum absolute atomic E-state index is 12.6. The quantitative estimate of drug-likeness (QED) is 0.787. The highest BCUT2D eigenvalue weighted by Gasteiger charge is 2.29. The molecule has 0 aromatic carbocycles. The van der Waals surface area contributed by atoms with Gasteiger partial charge in [0.2, 0.25) is 0 Å². The average Bonchev–Trinajstić information content (AvgIpc) is 2.91. The van der Waals surface area contributed by atoms with E-state index in [1.54, 1.807) is 4.90 Å². The normalized spacial score (nSPS) is 21.1. The number of rotatable bonds is 3. The SMILES string of the molecule is CSOC1CCCN(c2ccc3c4c(n(C)c3n2)CCN(C)C4=O)C1. The van der Waals surface area contributed by atoms with E-state index in [0.29, 0.717) is 0 Å². The van der Waals surface area contributed by atoms with Gasteiger partial charge in [-0.1, -0.05) is 0 Å². The fraction of sp³-hybridized carbons (Fsp3) is 0.556. The molecule has 2 aromatic rings. The zero-order valence-electron chi connectivity index (χ0n) is 15.0. The molecule has 0 aliphatic carbocycles. The fourth-order valence-electron chi connectivity index (χ4n) is 3.97. The van der Waals surface area contributed by atoms with Gasteiger partial charge in [0, 0.05) is 57.5 Å². The van der Waals surface area contributed by atoms with Gasteiger partial charge in [0.1, 0.15) is 11.5 Å². The number of aryl methyl sites for hydroxylation is 1. The molecule has 0 saturated carbocycles. The summed E-state index contributed by atoms with van der Waals surface area (Å²) in [5.74, 6) is 1.08. The van der Waals surface area contributed by atoms with Gasteiger partial charge in [0.05, 0.1) is 11.7 Å². The van der Waals surface area contributed by atoms with Crippen LogP contribution in [-0.2, 0) is 17.7 Å². The molecule has 0 radical (unpaired) electrons. The predicted octanol–water partition coefficient (Wildman–Crippen LogP) is 2.46. The Morgan fingerprint density at radius 2 is 2.12 bits per heavy atom. The van der Waals surface area contributed by atoms with Crippen molar-refractivity contribution in [1.82, 2.24) is 14.5 Å². The third kappa shape index (κ3) is 2.79. The Balaban J connectivity index is 1.72. The lowest BCUT2D eigenvalue weighted by molar-refractivity contribution is 0.0781. The lowest BCUT2D eigenvalue weighted by atomic mass is 10.0. The predicted molar refractivity (Wildman–Crippen MR) is 101 cm³/mol. The Hall–Kier alpha value is -1.73. The molecular weight excluding hydrogens is 336 g/mol. The first kappa shape index (κ1) is 16.7. The summed E-state index contributed by atoms with van der Waals surface area (Å²) >= 11 is 1.44. The second kappa shape index (κ2) is 6.53. The van der Waals surface area contributed by atoms with Gasteiger partial charge >= 0.3 is 0 Å². The van der Waals surface area contributed by atoms with Crippen LogP contribution in [0.15, 0.2) is 12.1 Å². The monoisotopic (exact) mass is 360 g/mol. The summed E-state index contributed by atoms with van der Waals surface area (Å²) in [5.41, 5.74) is 2.83. The second-order valence-electron chi connectivity index (χ2n) is 6.87. The number of piperidine rings is 1. The Morgan fingerprint density at radius 3 is 2.92 bits per heavy atom. The van der Waals surface area contributed by atoms with Crippen LogP contribution in [0.3, 0.4) is 0 Å². The molecule has 7 heteroatoms. The molecule has 1 fully saturated rings. The lowest BCUT2D eigenvalue weighted by Gasteiger charge is -2.32. The van der Waals surface area contributed by atoms with Crippen molar-refractivity contribution < 1.29 is 8.98 Å². The summed E-state index contributed by atoms with van der Waals surface area (Å²) < 4.78 is 7.83. The van der Waals surface area contributed by atoms with Crippen LogP contribution >= 0.6 is 12.0 Å². The first-order valence-electron chi connectivity index (χ1n) is 8.78. The Labute approximate surface area is 152 Å². The minimum atomic E-state index is 0.104. The van der Waals surface area contributed by atoms with E-state index in [0.717, 1.165) is 67.0 Å². The van der Waals surface area contributed by atoms with Crippen molar-refractivity contribution in [3.8, 4) is 0 Å². The topological polar surface area (TPSA) is 50.6 Å². The highest BCUT2D eigenvalue weighted by atomic mass is 32.2. The summed E-state index contributed by atoms with van der Waals surface area (Å²) in [6.07, 6.45) is 5.30. The summed E-state index contributed by atoms with van der Waals surface area (Å²) in [5, 5.41) is 0.965. The van der Waals surface area contributed by atoms with Crippen molar-refractivity contribution in [3.63, 3.8) is 0 Å². The molecule has 1 amide bonds. The largest absolute Gasteiger partial charge is 0.354 e. The number of hydrogen-bond donors (Lipinski definition) is 0. The van der Waals surface area contributed by atoms with Crippen LogP contribution in [0.25, 0.3) is 11.0 Å². The zero-order valence-corrected chi connectivity index (χ0v) is 15.8. The molecule has 2 aliphatic heterocycles. The highest BCUT2D eigenvalue weighted by molar-refractivity contribution is 7.93. The molecule has 0 spiro atoms. The van der Waals surface area contributed by atoms with E-state index in [2.05, 4.69) is 15.5 Å². The number of pyridine rings is 1. The van der Waals surface area contributed by atoms with Gasteiger partial charge in [-0.25, -0.2) is 4.98 Å². The molecule has 6 nitrogen and oxygen atoms in total. The molecule has 1 saturated heterocycles. The van der Waals surface area contributed by atoms with Gasteiger partial charge in [-0.2, -0.15) is 0 Å².